The van der Waals surface area contributed by atoms with Crippen LogP contribution in [0.5, 0.6) is 5.75 Å². The van der Waals surface area contributed by atoms with Crippen molar-refractivity contribution in [3.63, 3.8) is 0 Å². The third-order valence-corrected chi connectivity index (χ3v) is 4.15. The van der Waals surface area contributed by atoms with E-state index in [1.807, 2.05) is 13.0 Å². The third kappa shape index (κ3) is 1.79. The lowest BCUT2D eigenvalue weighted by Crippen LogP contribution is -2.23. The molecule has 18 heavy (non-hydrogen) atoms. The summed E-state index contributed by atoms with van der Waals surface area (Å²) in [5, 5.41) is 14.9. The van der Waals surface area contributed by atoms with Crippen molar-refractivity contribution in [3.8, 4) is 5.75 Å². The van der Waals surface area contributed by atoms with Crippen LogP contribution in [-0.2, 0) is 6.42 Å². The number of aromatic nitrogens is 1. The van der Waals surface area contributed by atoms with Gasteiger partial charge in [-0.25, -0.2) is 0 Å². The number of hydrogen-bond acceptors (Lipinski definition) is 2. The monoisotopic (exact) mass is 244 g/mol. The quantitative estimate of drug-likeness (QED) is 0.760. The smallest absolute Gasteiger partial charge is 0.128 e. The van der Waals surface area contributed by atoms with E-state index in [1.165, 1.54) is 12.8 Å². The van der Waals surface area contributed by atoms with Gasteiger partial charge in [0, 0.05) is 22.6 Å². The van der Waals surface area contributed by atoms with Gasteiger partial charge in [0.05, 0.1) is 0 Å². The van der Waals surface area contributed by atoms with E-state index in [4.69, 9.17) is 0 Å². The highest BCUT2D eigenvalue weighted by atomic mass is 16.3. The van der Waals surface area contributed by atoms with Gasteiger partial charge in [-0.05, 0) is 56.8 Å². The SMILES string of the molecule is Cc1[nH]c2ccc(CC3CCCN3)c(O)c2c1C. The Morgan fingerprint density at radius 2 is 2.17 bits per heavy atom. The van der Waals surface area contributed by atoms with Gasteiger partial charge in [0.2, 0.25) is 0 Å². The molecule has 1 aliphatic heterocycles. The van der Waals surface area contributed by atoms with E-state index in [9.17, 15) is 5.11 Å². The predicted octanol–water partition coefficient (Wildman–Crippen LogP) is 2.78. The van der Waals surface area contributed by atoms with Crippen LogP contribution in [0.25, 0.3) is 10.9 Å². The van der Waals surface area contributed by atoms with E-state index < -0.39 is 0 Å². The maximum Gasteiger partial charge on any atom is 0.128 e. The molecule has 3 heteroatoms. The molecule has 2 aromatic rings. The number of fused-ring (bicyclic) bond motifs is 1. The lowest BCUT2D eigenvalue weighted by Gasteiger charge is -2.12. The molecule has 1 aromatic carbocycles. The standard InChI is InChI=1S/C15H20N2O/c1-9-10(2)17-13-6-5-11(15(18)14(9)13)8-12-4-3-7-16-12/h5-6,12,16-18H,3-4,7-8H2,1-2H3. The largest absolute Gasteiger partial charge is 0.507 e. The van der Waals surface area contributed by atoms with Crippen molar-refractivity contribution in [1.29, 1.82) is 0 Å². The summed E-state index contributed by atoms with van der Waals surface area (Å²) in [6.07, 6.45) is 3.38. The molecule has 1 atom stereocenters. The van der Waals surface area contributed by atoms with Crippen molar-refractivity contribution in [2.75, 3.05) is 6.54 Å². The lowest BCUT2D eigenvalue weighted by atomic mass is 10.0. The Balaban J connectivity index is 2.02. The average molecular weight is 244 g/mol. The summed E-state index contributed by atoms with van der Waals surface area (Å²) in [4.78, 5) is 3.31. The number of aromatic hydroxyl groups is 1. The van der Waals surface area contributed by atoms with Crippen LogP contribution in [-0.4, -0.2) is 22.7 Å². The molecule has 1 unspecified atom stereocenters. The number of nitrogens with one attached hydrogen (secondary N) is 2. The lowest BCUT2D eigenvalue weighted by molar-refractivity contribution is 0.468. The average Bonchev–Trinajstić information content (AvgIpc) is 2.93. The molecule has 3 N–H and O–H groups in total. The summed E-state index contributed by atoms with van der Waals surface area (Å²) in [6.45, 7) is 5.22. The summed E-state index contributed by atoms with van der Waals surface area (Å²) >= 11 is 0. The van der Waals surface area contributed by atoms with E-state index >= 15 is 0 Å². The second-order valence-electron chi connectivity index (χ2n) is 5.37. The Morgan fingerprint density at radius 1 is 1.33 bits per heavy atom. The second kappa shape index (κ2) is 4.32. The molecule has 0 spiro atoms. The van der Waals surface area contributed by atoms with Gasteiger partial charge in [0.1, 0.15) is 5.75 Å². The van der Waals surface area contributed by atoms with Crippen molar-refractivity contribution >= 4 is 10.9 Å². The number of H-pyrrole nitrogens is 1. The van der Waals surface area contributed by atoms with Crippen molar-refractivity contribution in [2.45, 2.75) is 39.2 Å². The molecule has 0 radical (unpaired) electrons. The number of benzene rings is 1. The van der Waals surface area contributed by atoms with Gasteiger partial charge in [-0.15, -0.1) is 0 Å². The van der Waals surface area contributed by atoms with Crippen LogP contribution >= 0.6 is 0 Å². The Hall–Kier alpha value is -1.48. The molecule has 3 nitrogen and oxygen atoms in total. The third-order valence-electron chi connectivity index (χ3n) is 4.15. The maximum absolute atomic E-state index is 10.5. The van der Waals surface area contributed by atoms with E-state index in [1.54, 1.807) is 0 Å². The minimum atomic E-state index is 0.461. The fourth-order valence-electron chi connectivity index (χ4n) is 2.96. The molecule has 96 valence electrons. The Labute approximate surface area is 107 Å². The zero-order valence-corrected chi connectivity index (χ0v) is 11.0. The Morgan fingerprint density at radius 3 is 2.89 bits per heavy atom. The molecular formula is C15H20N2O. The highest BCUT2D eigenvalue weighted by Crippen LogP contribution is 2.33. The molecule has 3 rings (SSSR count). The highest BCUT2D eigenvalue weighted by Gasteiger charge is 2.18. The van der Waals surface area contributed by atoms with Crippen LogP contribution in [0.4, 0.5) is 0 Å². The molecule has 0 bridgehead atoms. The van der Waals surface area contributed by atoms with Gasteiger partial charge >= 0.3 is 0 Å². The van der Waals surface area contributed by atoms with E-state index in [0.29, 0.717) is 11.8 Å². The molecule has 1 fully saturated rings. The molecular weight excluding hydrogens is 224 g/mol. The van der Waals surface area contributed by atoms with Gasteiger partial charge < -0.3 is 15.4 Å². The number of hydrogen-bond donors (Lipinski definition) is 3. The number of aromatic amines is 1. The van der Waals surface area contributed by atoms with E-state index in [-0.39, 0.29) is 0 Å². The number of phenols is 1. The minimum Gasteiger partial charge on any atom is -0.507 e. The summed E-state index contributed by atoms with van der Waals surface area (Å²) in [5.41, 5.74) is 4.38. The first-order valence-electron chi connectivity index (χ1n) is 6.70. The molecule has 0 amide bonds. The van der Waals surface area contributed by atoms with Gasteiger partial charge in [-0.3, -0.25) is 0 Å². The van der Waals surface area contributed by atoms with Crippen LogP contribution in [0, 0.1) is 13.8 Å². The van der Waals surface area contributed by atoms with E-state index in [2.05, 4.69) is 23.3 Å². The topological polar surface area (TPSA) is 48.0 Å². The van der Waals surface area contributed by atoms with Crippen molar-refractivity contribution in [3.05, 3.63) is 29.0 Å². The van der Waals surface area contributed by atoms with Crippen LogP contribution in [0.1, 0.15) is 29.7 Å². The Kier molecular flexibility index (Phi) is 2.78. The number of aryl methyl sites for hydroxylation is 2. The van der Waals surface area contributed by atoms with Crippen LogP contribution in [0.2, 0.25) is 0 Å². The van der Waals surface area contributed by atoms with Crippen molar-refractivity contribution in [1.82, 2.24) is 10.3 Å². The summed E-state index contributed by atoms with van der Waals surface area (Å²) in [5.74, 6) is 0.461. The number of rotatable bonds is 2. The first-order chi connectivity index (χ1) is 8.66. The molecule has 1 aromatic heterocycles. The Bertz CT molecular complexity index is 580. The molecule has 2 heterocycles. The summed E-state index contributed by atoms with van der Waals surface area (Å²) in [6, 6.07) is 4.65. The van der Waals surface area contributed by atoms with Crippen molar-refractivity contribution in [2.24, 2.45) is 0 Å². The molecule has 1 aliphatic rings. The normalized spacial score (nSPS) is 19.8. The van der Waals surface area contributed by atoms with Crippen molar-refractivity contribution < 1.29 is 5.11 Å². The first-order valence-corrected chi connectivity index (χ1v) is 6.70. The van der Waals surface area contributed by atoms with Gasteiger partial charge in [-0.2, -0.15) is 0 Å². The van der Waals surface area contributed by atoms with Crippen LogP contribution in [0.3, 0.4) is 0 Å². The van der Waals surface area contributed by atoms with Gasteiger partial charge in [-0.1, -0.05) is 6.07 Å². The van der Waals surface area contributed by atoms with Crippen LogP contribution < -0.4 is 5.32 Å². The molecule has 0 saturated carbocycles. The highest BCUT2D eigenvalue weighted by molar-refractivity contribution is 5.91. The maximum atomic E-state index is 10.5. The minimum absolute atomic E-state index is 0.461. The molecule has 1 saturated heterocycles. The molecule has 0 aliphatic carbocycles. The zero-order valence-electron chi connectivity index (χ0n) is 11.0. The fraction of sp³-hybridized carbons (Fsp3) is 0.467. The summed E-state index contributed by atoms with van der Waals surface area (Å²) < 4.78 is 0. The second-order valence-corrected chi connectivity index (χ2v) is 5.37. The first kappa shape index (κ1) is 11.6. The fourth-order valence-corrected chi connectivity index (χ4v) is 2.96. The van der Waals surface area contributed by atoms with Crippen LogP contribution in [0.15, 0.2) is 12.1 Å². The zero-order chi connectivity index (χ0) is 12.7. The van der Waals surface area contributed by atoms with Gasteiger partial charge in [0.15, 0.2) is 0 Å². The number of phenolic OH excluding ortho intramolecular Hbond substituents is 1. The van der Waals surface area contributed by atoms with E-state index in [0.717, 1.165) is 40.7 Å². The van der Waals surface area contributed by atoms with Gasteiger partial charge in [0.25, 0.3) is 0 Å². The predicted molar refractivity (Wildman–Crippen MR) is 74.2 cm³/mol. The summed E-state index contributed by atoms with van der Waals surface area (Å²) in [7, 11) is 0.